The number of allylic oxidation sites excluding steroid dienone is 1. The Balaban J connectivity index is 1.90. The Morgan fingerprint density at radius 2 is 1.96 bits per heavy atom. The first kappa shape index (κ1) is 16.4. The van der Waals surface area contributed by atoms with Crippen molar-refractivity contribution in [3.63, 3.8) is 0 Å². The van der Waals surface area contributed by atoms with Gasteiger partial charge in [-0.15, -0.1) is 0 Å². The molecule has 2 aliphatic rings. The summed E-state index contributed by atoms with van der Waals surface area (Å²) in [6, 6.07) is 16.4. The number of hydrogen-bond acceptors (Lipinski definition) is 3. The molecule has 4 heteroatoms. The van der Waals surface area contributed by atoms with Gasteiger partial charge in [0.25, 0.3) is 0 Å². The van der Waals surface area contributed by atoms with Gasteiger partial charge in [-0.1, -0.05) is 59.6 Å². The van der Waals surface area contributed by atoms with Crippen molar-refractivity contribution in [1.29, 1.82) is 0 Å². The molecule has 1 atom stereocenters. The first-order valence-electron chi connectivity index (χ1n) is 8.58. The van der Waals surface area contributed by atoms with E-state index in [2.05, 4.69) is 61.2 Å². The summed E-state index contributed by atoms with van der Waals surface area (Å²) in [4.78, 5) is 7.03. The lowest BCUT2D eigenvalue weighted by atomic mass is 9.93. The number of aliphatic imine (C=N–C) groups is 1. The van der Waals surface area contributed by atoms with Crippen LogP contribution in [0.4, 0.5) is 0 Å². The molecule has 0 radical (unpaired) electrons. The zero-order chi connectivity index (χ0) is 17.4. The number of halogens is 1. The van der Waals surface area contributed by atoms with Crippen molar-refractivity contribution >= 4 is 17.4 Å². The summed E-state index contributed by atoms with van der Waals surface area (Å²) in [5.74, 6) is 1.03. The van der Waals surface area contributed by atoms with Gasteiger partial charge in [-0.25, -0.2) is 0 Å². The van der Waals surface area contributed by atoms with Gasteiger partial charge < -0.3 is 9.64 Å². The molecular weight excluding hydrogens is 332 g/mol. The van der Waals surface area contributed by atoms with Crippen LogP contribution in [-0.2, 0) is 10.5 Å². The van der Waals surface area contributed by atoms with Crippen molar-refractivity contribution in [1.82, 2.24) is 4.90 Å². The predicted octanol–water partition coefficient (Wildman–Crippen LogP) is 4.60. The Morgan fingerprint density at radius 3 is 2.72 bits per heavy atom. The van der Waals surface area contributed by atoms with Crippen LogP contribution < -0.4 is 0 Å². The fourth-order valence-corrected chi connectivity index (χ4v) is 3.78. The zero-order valence-electron chi connectivity index (χ0n) is 14.5. The van der Waals surface area contributed by atoms with Gasteiger partial charge in [0.2, 0.25) is 0 Å². The molecule has 0 amide bonds. The number of rotatable bonds is 4. The van der Waals surface area contributed by atoms with Crippen molar-refractivity contribution in [3.05, 3.63) is 81.9 Å². The molecule has 2 aromatic carbocycles. The first-order valence-corrected chi connectivity index (χ1v) is 8.96. The molecule has 0 N–H and O–H groups in total. The van der Waals surface area contributed by atoms with Crippen molar-refractivity contribution in [2.24, 2.45) is 4.99 Å². The summed E-state index contributed by atoms with van der Waals surface area (Å²) in [6.45, 7) is 6.36. The van der Waals surface area contributed by atoms with Crippen LogP contribution in [-0.4, -0.2) is 30.4 Å². The van der Waals surface area contributed by atoms with E-state index in [4.69, 9.17) is 21.3 Å². The molecule has 25 heavy (non-hydrogen) atoms. The van der Waals surface area contributed by atoms with Gasteiger partial charge in [0, 0.05) is 28.3 Å². The Morgan fingerprint density at radius 1 is 1.20 bits per heavy atom. The van der Waals surface area contributed by atoms with Gasteiger partial charge in [-0.2, -0.15) is 0 Å². The Hall–Kier alpha value is -2.10. The second-order valence-electron chi connectivity index (χ2n) is 6.65. The lowest BCUT2D eigenvalue weighted by Gasteiger charge is -2.38. The lowest BCUT2D eigenvalue weighted by molar-refractivity contribution is -0.0820. The number of benzene rings is 2. The van der Waals surface area contributed by atoms with E-state index in [0.717, 1.165) is 40.6 Å². The molecule has 0 fully saturated rings. The topological polar surface area (TPSA) is 24.8 Å². The second kappa shape index (κ2) is 6.32. The Labute approximate surface area is 153 Å². The standard InChI is InChI=1S/C21H21ClN2O/c1-15(2)11-14-25-21(16-7-9-17(22)10-8-16)19-6-4-3-5-18(19)20-23-12-13-24(20)21/h3-11H,12-14H2,1-2H3. The maximum atomic E-state index is 6.59. The normalized spacial score (nSPS) is 20.9. The van der Waals surface area contributed by atoms with E-state index < -0.39 is 5.72 Å². The highest BCUT2D eigenvalue weighted by molar-refractivity contribution is 6.30. The van der Waals surface area contributed by atoms with E-state index in [1.165, 1.54) is 5.57 Å². The molecule has 0 saturated carbocycles. The minimum atomic E-state index is -0.650. The van der Waals surface area contributed by atoms with Gasteiger partial charge in [-0.3, -0.25) is 4.99 Å². The van der Waals surface area contributed by atoms with Crippen LogP contribution >= 0.6 is 11.6 Å². The van der Waals surface area contributed by atoms with E-state index in [-0.39, 0.29) is 0 Å². The summed E-state index contributed by atoms with van der Waals surface area (Å²) in [6.07, 6.45) is 2.12. The van der Waals surface area contributed by atoms with Crippen molar-refractivity contribution in [2.45, 2.75) is 19.6 Å². The minimum absolute atomic E-state index is 0.545. The molecule has 0 aromatic heterocycles. The number of nitrogens with zero attached hydrogens (tertiary/aromatic N) is 2. The summed E-state index contributed by atoms with van der Waals surface area (Å²) in [7, 11) is 0. The smallest absolute Gasteiger partial charge is 0.196 e. The fraction of sp³-hybridized carbons (Fsp3) is 0.286. The highest BCUT2D eigenvalue weighted by atomic mass is 35.5. The average Bonchev–Trinajstić information content (AvgIpc) is 3.18. The van der Waals surface area contributed by atoms with Crippen molar-refractivity contribution < 1.29 is 4.74 Å². The average molecular weight is 353 g/mol. The molecular formula is C21H21ClN2O. The van der Waals surface area contributed by atoms with E-state index in [1.54, 1.807) is 0 Å². The molecule has 0 aliphatic carbocycles. The van der Waals surface area contributed by atoms with E-state index in [0.29, 0.717) is 6.61 Å². The van der Waals surface area contributed by atoms with Crippen LogP contribution in [0.25, 0.3) is 0 Å². The molecule has 0 saturated heterocycles. The third kappa shape index (κ3) is 2.59. The summed E-state index contributed by atoms with van der Waals surface area (Å²) >= 11 is 6.13. The maximum absolute atomic E-state index is 6.59. The molecule has 128 valence electrons. The number of fused-ring (bicyclic) bond motifs is 3. The van der Waals surface area contributed by atoms with Crippen LogP contribution in [0.15, 0.2) is 65.2 Å². The van der Waals surface area contributed by atoms with Gasteiger partial charge in [0.1, 0.15) is 5.84 Å². The highest BCUT2D eigenvalue weighted by Gasteiger charge is 2.51. The monoisotopic (exact) mass is 352 g/mol. The SMILES string of the molecule is CC(C)=CCOC1(c2ccc(Cl)cc2)c2ccccc2C2=NCCN21. The third-order valence-corrected chi connectivity index (χ3v) is 5.03. The lowest BCUT2D eigenvalue weighted by Crippen LogP contribution is -2.46. The Bertz CT molecular complexity index is 852. The van der Waals surface area contributed by atoms with Crippen LogP contribution in [0.5, 0.6) is 0 Å². The molecule has 4 rings (SSSR count). The number of amidine groups is 1. The zero-order valence-corrected chi connectivity index (χ0v) is 15.3. The van der Waals surface area contributed by atoms with Gasteiger partial charge in [0.15, 0.2) is 5.72 Å². The van der Waals surface area contributed by atoms with Crippen LogP contribution in [0.2, 0.25) is 5.02 Å². The maximum Gasteiger partial charge on any atom is 0.196 e. The number of hydrogen-bond donors (Lipinski definition) is 0. The summed E-state index contributed by atoms with van der Waals surface area (Å²) < 4.78 is 6.59. The van der Waals surface area contributed by atoms with Crippen molar-refractivity contribution in [2.75, 3.05) is 19.7 Å². The van der Waals surface area contributed by atoms with Gasteiger partial charge >= 0.3 is 0 Å². The highest BCUT2D eigenvalue weighted by Crippen LogP contribution is 2.46. The molecule has 2 aromatic rings. The molecule has 3 nitrogen and oxygen atoms in total. The molecule has 2 aliphatic heterocycles. The van der Waals surface area contributed by atoms with E-state index >= 15 is 0 Å². The minimum Gasteiger partial charge on any atom is -0.343 e. The van der Waals surface area contributed by atoms with E-state index in [1.807, 2.05) is 12.1 Å². The third-order valence-electron chi connectivity index (χ3n) is 4.77. The van der Waals surface area contributed by atoms with Crippen LogP contribution in [0, 0.1) is 0 Å². The summed E-state index contributed by atoms with van der Waals surface area (Å²) in [5.41, 5.74) is 3.99. The van der Waals surface area contributed by atoms with Crippen LogP contribution in [0.1, 0.15) is 30.5 Å². The fourth-order valence-electron chi connectivity index (χ4n) is 3.66. The molecule has 2 heterocycles. The van der Waals surface area contributed by atoms with Crippen molar-refractivity contribution in [3.8, 4) is 0 Å². The number of ether oxygens (including phenoxy) is 1. The van der Waals surface area contributed by atoms with Crippen LogP contribution in [0.3, 0.4) is 0 Å². The summed E-state index contributed by atoms with van der Waals surface area (Å²) in [5, 5.41) is 0.727. The van der Waals surface area contributed by atoms with E-state index in [9.17, 15) is 0 Å². The molecule has 0 spiro atoms. The predicted molar refractivity (Wildman–Crippen MR) is 102 cm³/mol. The van der Waals surface area contributed by atoms with Gasteiger partial charge in [0.05, 0.1) is 13.2 Å². The second-order valence-corrected chi connectivity index (χ2v) is 7.08. The molecule has 0 bridgehead atoms. The first-order chi connectivity index (χ1) is 12.1. The Kier molecular flexibility index (Phi) is 4.14. The molecule has 1 unspecified atom stereocenters. The largest absolute Gasteiger partial charge is 0.343 e. The quantitative estimate of drug-likeness (QED) is 0.751. The van der Waals surface area contributed by atoms with Gasteiger partial charge in [-0.05, 0) is 26.0 Å².